The van der Waals surface area contributed by atoms with Crippen LogP contribution in [0.1, 0.15) is 110 Å². The van der Waals surface area contributed by atoms with Crippen LogP contribution in [0.5, 0.6) is 0 Å². The van der Waals surface area contributed by atoms with Crippen molar-refractivity contribution in [2.45, 2.75) is 102 Å². The highest BCUT2D eigenvalue weighted by Crippen LogP contribution is 2.42. The van der Waals surface area contributed by atoms with E-state index >= 15 is 8.78 Å². The number of hydrogen-bond donors (Lipinski definition) is 5. The van der Waals surface area contributed by atoms with Gasteiger partial charge >= 0.3 is 0 Å². The summed E-state index contributed by atoms with van der Waals surface area (Å²) in [6.07, 6.45) is 7.07. The number of carbonyl (C=O) groups excluding carboxylic acids is 4. The molecule has 2 atom stereocenters. The first-order valence-electron chi connectivity index (χ1n) is 22.9. The van der Waals surface area contributed by atoms with Crippen LogP contribution in [0.25, 0.3) is 0 Å². The highest BCUT2D eigenvalue weighted by molar-refractivity contribution is 6.06. The Hall–Kier alpha value is -5.84. The number of anilines is 3. The van der Waals surface area contributed by atoms with Crippen LogP contribution < -0.4 is 32.1 Å². The van der Waals surface area contributed by atoms with Gasteiger partial charge in [0.15, 0.2) is 0 Å². The number of rotatable bonds is 5. The standard InChI is InChI=1S/C47H60F2N10O5/c1-30-31-10-8-11-33(26-31)47(48,49)32-16-20-55(21-17-32)18-6-4-2-3-5-7-19-58-43(51)35(42(50)53-30)27-39(46(58)64)56-22-24-57(25-23-56)41(61)28-52-37-13-9-12-34-36(37)29-59(45(34)63)38-14-15-40(60)54-44(38)62/h8-13,26-27,30,32,38,52H,2-7,14-25,28-29,51H2,1H3,(H2,50,53)(H,54,60,62)/t30-,38?/m1/s1. The maximum absolute atomic E-state index is 16.0. The molecule has 1 aromatic heterocycles. The van der Waals surface area contributed by atoms with E-state index in [-0.39, 0.29) is 66.4 Å². The molecule has 0 saturated carbocycles. The van der Waals surface area contributed by atoms with Crippen LogP contribution >= 0.6 is 0 Å². The number of piperazine rings is 1. The van der Waals surface area contributed by atoms with E-state index < -0.39 is 29.8 Å². The molecule has 6 aliphatic heterocycles. The second-order valence-corrected chi connectivity index (χ2v) is 18.0. The molecule has 1 unspecified atom stereocenters. The zero-order chi connectivity index (χ0) is 45.1. The normalized spacial score (nSPS) is 24.6. The average molecular weight is 883 g/mol. The summed E-state index contributed by atoms with van der Waals surface area (Å²) in [5.41, 5.74) is 9.51. The fourth-order valence-corrected chi connectivity index (χ4v) is 10.0. The smallest absolute Gasteiger partial charge is 0.276 e. The minimum atomic E-state index is -2.99. The van der Waals surface area contributed by atoms with Crippen molar-refractivity contribution >= 4 is 46.7 Å². The lowest BCUT2D eigenvalue weighted by molar-refractivity contribution is -0.137. The molecule has 4 amide bonds. The van der Waals surface area contributed by atoms with Crippen molar-refractivity contribution in [3.63, 3.8) is 0 Å². The number of nitrogens with one attached hydrogen (secondary N) is 4. The number of aromatic nitrogens is 1. The number of amides is 4. The number of pyridine rings is 1. The molecule has 64 heavy (non-hydrogen) atoms. The third-order valence-corrected chi connectivity index (χ3v) is 13.9. The number of imide groups is 1. The van der Waals surface area contributed by atoms with Gasteiger partial charge in [0.25, 0.3) is 17.4 Å². The van der Waals surface area contributed by atoms with Gasteiger partial charge in [0.1, 0.15) is 23.4 Å². The number of hydrogen-bond acceptors (Lipinski definition) is 10. The summed E-state index contributed by atoms with van der Waals surface area (Å²) in [6, 6.07) is 12.1. The molecular formula is C47H60F2N10O5. The van der Waals surface area contributed by atoms with E-state index in [2.05, 4.69) is 20.9 Å². The third kappa shape index (κ3) is 9.35. The molecule has 342 valence electrons. The summed E-state index contributed by atoms with van der Waals surface area (Å²) >= 11 is 0. The van der Waals surface area contributed by atoms with Gasteiger partial charge < -0.3 is 36.0 Å². The average Bonchev–Trinajstić information content (AvgIpc) is 3.63. The predicted octanol–water partition coefficient (Wildman–Crippen LogP) is 4.79. The molecule has 6 bridgehead atoms. The van der Waals surface area contributed by atoms with Crippen LogP contribution in [-0.4, -0.2) is 107 Å². The van der Waals surface area contributed by atoms with E-state index in [1.54, 1.807) is 51.9 Å². The van der Waals surface area contributed by atoms with Crippen molar-refractivity contribution in [2.24, 2.45) is 5.92 Å². The monoisotopic (exact) mass is 882 g/mol. The number of carbonyl (C=O) groups is 4. The summed E-state index contributed by atoms with van der Waals surface area (Å²) in [5.74, 6) is -4.89. The van der Waals surface area contributed by atoms with E-state index in [1.165, 1.54) is 11.0 Å². The highest BCUT2D eigenvalue weighted by atomic mass is 19.3. The van der Waals surface area contributed by atoms with Crippen LogP contribution in [0, 0.1) is 11.3 Å². The van der Waals surface area contributed by atoms with Gasteiger partial charge in [0.05, 0.1) is 12.1 Å². The summed E-state index contributed by atoms with van der Waals surface area (Å²) in [5, 5.41) is 17.9. The van der Waals surface area contributed by atoms with E-state index in [4.69, 9.17) is 5.73 Å². The van der Waals surface area contributed by atoms with Gasteiger partial charge in [0, 0.05) is 80.0 Å². The van der Waals surface area contributed by atoms with Crippen molar-refractivity contribution in [3.05, 3.63) is 86.7 Å². The molecule has 17 heteroatoms. The molecule has 0 aliphatic carbocycles. The molecule has 6 aliphatic rings. The third-order valence-electron chi connectivity index (χ3n) is 13.9. The number of alkyl halides is 2. The second-order valence-electron chi connectivity index (χ2n) is 18.0. The van der Waals surface area contributed by atoms with Gasteiger partial charge in [-0.05, 0) is 88.5 Å². The van der Waals surface area contributed by atoms with E-state index in [1.807, 2.05) is 11.8 Å². The molecule has 15 nitrogen and oxygen atoms in total. The van der Waals surface area contributed by atoms with Gasteiger partial charge in [-0.3, -0.25) is 39.3 Å². The fraction of sp³-hybridized carbons (Fsp3) is 0.532. The van der Waals surface area contributed by atoms with Crippen molar-refractivity contribution in [2.75, 3.05) is 68.3 Å². The maximum atomic E-state index is 16.0. The summed E-state index contributed by atoms with van der Waals surface area (Å²) in [6.45, 7) is 5.99. The van der Waals surface area contributed by atoms with Crippen molar-refractivity contribution in [1.29, 1.82) is 5.41 Å². The SMILES string of the molecule is C[C@H]1NC(=N)c2cc(N3CCN(C(=O)CNc4cccc5c4CN(C4CCC(=O)NC4=O)C5=O)CC3)c(=O)n(c2N)CCCCCCCCN2CCC(CC2)C(F)(F)c2cccc1c2. The van der Waals surface area contributed by atoms with Crippen LogP contribution in [0.4, 0.5) is 26.0 Å². The maximum Gasteiger partial charge on any atom is 0.276 e. The van der Waals surface area contributed by atoms with E-state index in [0.717, 1.165) is 45.1 Å². The number of amidine groups is 1. The lowest BCUT2D eigenvalue weighted by Crippen LogP contribution is -2.52. The largest absolute Gasteiger partial charge is 0.384 e. The first kappa shape index (κ1) is 44.8. The molecule has 9 rings (SSSR count). The Morgan fingerprint density at radius 2 is 1.56 bits per heavy atom. The van der Waals surface area contributed by atoms with Gasteiger partial charge in [-0.1, -0.05) is 49.9 Å². The zero-order valence-electron chi connectivity index (χ0n) is 36.6. The predicted molar refractivity (Wildman–Crippen MR) is 240 cm³/mol. The Bertz CT molecular complexity index is 2340. The van der Waals surface area contributed by atoms with Crippen LogP contribution in [-0.2, 0) is 33.4 Å². The number of fused-ring (bicyclic) bond motifs is 12. The zero-order valence-corrected chi connectivity index (χ0v) is 36.6. The molecule has 3 aromatic rings. The fourth-order valence-electron chi connectivity index (χ4n) is 10.0. The Labute approximate surface area is 372 Å². The van der Waals surface area contributed by atoms with Crippen molar-refractivity contribution < 1.29 is 28.0 Å². The number of piperidine rings is 2. The molecular weight excluding hydrogens is 823 g/mol. The Balaban J connectivity index is 0.954. The number of benzene rings is 2. The van der Waals surface area contributed by atoms with Gasteiger partial charge in [-0.25, -0.2) is 8.78 Å². The first-order valence-corrected chi connectivity index (χ1v) is 22.9. The van der Waals surface area contributed by atoms with Crippen LogP contribution in [0.15, 0.2) is 53.3 Å². The van der Waals surface area contributed by atoms with Crippen LogP contribution in [0.3, 0.4) is 0 Å². The summed E-state index contributed by atoms with van der Waals surface area (Å²) < 4.78 is 33.6. The Morgan fingerprint density at radius 1 is 0.859 bits per heavy atom. The first-order chi connectivity index (χ1) is 30.8. The van der Waals surface area contributed by atoms with Gasteiger partial charge in [0.2, 0.25) is 17.7 Å². The van der Waals surface area contributed by atoms with E-state index in [9.17, 15) is 29.4 Å². The molecule has 6 N–H and O–H groups in total. The molecule has 3 saturated heterocycles. The molecule has 2 aromatic carbocycles. The minimum absolute atomic E-state index is 0.0204. The van der Waals surface area contributed by atoms with E-state index in [0.29, 0.717) is 92.3 Å². The highest BCUT2D eigenvalue weighted by Gasteiger charge is 2.43. The van der Waals surface area contributed by atoms with Crippen LogP contribution in [0.2, 0.25) is 0 Å². The molecule has 7 heterocycles. The molecule has 3 fully saturated rings. The van der Waals surface area contributed by atoms with Gasteiger partial charge in [-0.15, -0.1) is 0 Å². The Kier molecular flexibility index (Phi) is 13.4. The number of halogens is 2. The van der Waals surface area contributed by atoms with Crippen molar-refractivity contribution in [3.8, 4) is 0 Å². The minimum Gasteiger partial charge on any atom is -0.384 e. The summed E-state index contributed by atoms with van der Waals surface area (Å²) in [7, 11) is 0. The Morgan fingerprint density at radius 3 is 2.30 bits per heavy atom. The number of nitrogens with two attached hydrogens (primary N) is 1. The molecule has 0 radical (unpaired) electrons. The quantitative estimate of drug-likeness (QED) is 0.223. The number of nitrogen functional groups attached to an aromatic ring is 1. The topological polar surface area (TPSA) is 189 Å². The summed E-state index contributed by atoms with van der Waals surface area (Å²) in [4.78, 5) is 72.8. The lowest BCUT2D eigenvalue weighted by atomic mass is 9.85. The molecule has 0 spiro atoms. The second kappa shape index (κ2) is 19.1. The lowest BCUT2D eigenvalue weighted by Gasteiger charge is -2.36. The van der Waals surface area contributed by atoms with Gasteiger partial charge in [-0.2, -0.15) is 0 Å². The van der Waals surface area contributed by atoms with Crippen molar-refractivity contribution in [1.82, 2.24) is 29.9 Å². The number of nitrogens with zero attached hydrogens (tertiary/aromatic N) is 5.